The van der Waals surface area contributed by atoms with Gasteiger partial charge in [0.25, 0.3) is 0 Å². The third kappa shape index (κ3) is 2.07. The van der Waals surface area contributed by atoms with Gasteiger partial charge in [0, 0.05) is 5.54 Å². The van der Waals surface area contributed by atoms with Crippen LogP contribution in [0.15, 0.2) is 24.3 Å². The van der Waals surface area contributed by atoms with E-state index in [0.29, 0.717) is 6.42 Å². The van der Waals surface area contributed by atoms with Crippen LogP contribution in [0.25, 0.3) is 0 Å². The van der Waals surface area contributed by atoms with Crippen LogP contribution >= 0.6 is 0 Å². The van der Waals surface area contributed by atoms with Gasteiger partial charge in [-0.1, -0.05) is 24.3 Å². The average molecular weight is 233 g/mol. The molecule has 0 bridgehead atoms. The molecule has 1 unspecified atom stereocenters. The van der Waals surface area contributed by atoms with E-state index in [9.17, 15) is 9.90 Å². The van der Waals surface area contributed by atoms with Gasteiger partial charge in [0.2, 0.25) is 0 Å². The highest BCUT2D eigenvalue weighted by Gasteiger charge is 2.47. The first-order valence-electron chi connectivity index (χ1n) is 5.96. The molecule has 2 rings (SSSR count). The first kappa shape index (κ1) is 12.1. The SMILES string of the molecule is CC(C)(C)NC1(C(=O)O)CCc2ccccc21. The molecule has 0 aliphatic heterocycles. The summed E-state index contributed by atoms with van der Waals surface area (Å²) in [4.78, 5) is 11.7. The lowest BCUT2D eigenvalue weighted by Crippen LogP contribution is -2.55. The highest BCUT2D eigenvalue weighted by Crippen LogP contribution is 2.38. The van der Waals surface area contributed by atoms with Crippen LogP contribution in [-0.4, -0.2) is 16.6 Å². The molecule has 1 atom stereocenters. The molecule has 17 heavy (non-hydrogen) atoms. The third-order valence-electron chi connectivity index (χ3n) is 3.20. The zero-order valence-corrected chi connectivity index (χ0v) is 10.6. The summed E-state index contributed by atoms with van der Waals surface area (Å²) in [5.41, 5.74) is 0.916. The minimum Gasteiger partial charge on any atom is -0.480 e. The summed E-state index contributed by atoms with van der Waals surface area (Å²) in [5, 5.41) is 12.9. The van der Waals surface area contributed by atoms with E-state index in [4.69, 9.17) is 0 Å². The zero-order chi connectivity index (χ0) is 12.7. The fraction of sp³-hybridized carbons (Fsp3) is 0.500. The molecule has 0 saturated heterocycles. The van der Waals surface area contributed by atoms with Crippen molar-refractivity contribution in [1.82, 2.24) is 5.32 Å². The fourth-order valence-corrected chi connectivity index (χ4v) is 2.66. The van der Waals surface area contributed by atoms with Crippen molar-refractivity contribution in [2.24, 2.45) is 0 Å². The lowest BCUT2D eigenvalue weighted by molar-refractivity contribution is -0.146. The molecule has 92 valence electrons. The molecule has 0 aromatic heterocycles. The molecule has 2 N–H and O–H groups in total. The Morgan fingerprint density at radius 1 is 1.35 bits per heavy atom. The predicted molar refractivity (Wildman–Crippen MR) is 67.0 cm³/mol. The maximum Gasteiger partial charge on any atom is 0.328 e. The molecule has 1 aliphatic carbocycles. The summed E-state index contributed by atoms with van der Waals surface area (Å²) in [6.45, 7) is 6.00. The highest BCUT2D eigenvalue weighted by atomic mass is 16.4. The molecular weight excluding hydrogens is 214 g/mol. The Hall–Kier alpha value is -1.35. The lowest BCUT2D eigenvalue weighted by atomic mass is 9.88. The van der Waals surface area contributed by atoms with Crippen molar-refractivity contribution in [1.29, 1.82) is 0 Å². The summed E-state index contributed by atoms with van der Waals surface area (Å²) in [6, 6.07) is 7.82. The second-order valence-corrected chi connectivity index (χ2v) is 5.74. The van der Waals surface area contributed by atoms with Gasteiger partial charge in [-0.3, -0.25) is 5.32 Å². The average Bonchev–Trinajstić information content (AvgIpc) is 2.57. The minimum absolute atomic E-state index is 0.226. The Bertz CT molecular complexity index is 448. The largest absolute Gasteiger partial charge is 0.480 e. The number of benzene rings is 1. The summed E-state index contributed by atoms with van der Waals surface area (Å²) >= 11 is 0. The van der Waals surface area contributed by atoms with E-state index in [2.05, 4.69) is 5.32 Å². The number of carboxylic acids is 1. The van der Waals surface area contributed by atoms with Crippen molar-refractivity contribution in [3.05, 3.63) is 35.4 Å². The molecule has 3 nitrogen and oxygen atoms in total. The lowest BCUT2D eigenvalue weighted by Gasteiger charge is -2.35. The van der Waals surface area contributed by atoms with Crippen molar-refractivity contribution in [3.8, 4) is 0 Å². The maximum absolute atomic E-state index is 11.7. The van der Waals surface area contributed by atoms with E-state index in [0.717, 1.165) is 17.5 Å². The number of hydrogen-bond donors (Lipinski definition) is 2. The van der Waals surface area contributed by atoms with Crippen LogP contribution in [0.3, 0.4) is 0 Å². The Kier molecular flexibility index (Phi) is 2.74. The van der Waals surface area contributed by atoms with Crippen molar-refractivity contribution in [3.63, 3.8) is 0 Å². The van der Waals surface area contributed by atoms with Gasteiger partial charge in [0.05, 0.1) is 0 Å². The number of fused-ring (bicyclic) bond motifs is 1. The van der Waals surface area contributed by atoms with Gasteiger partial charge >= 0.3 is 5.97 Å². The van der Waals surface area contributed by atoms with Crippen LogP contribution < -0.4 is 5.32 Å². The van der Waals surface area contributed by atoms with E-state index < -0.39 is 11.5 Å². The Labute approximate surface area is 102 Å². The van der Waals surface area contributed by atoms with Gasteiger partial charge in [0.1, 0.15) is 5.54 Å². The molecule has 3 heteroatoms. The van der Waals surface area contributed by atoms with Gasteiger partial charge in [-0.05, 0) is 44.7 Å². The van der Waals surface area contributed by atoms with E-state index in [1.807, 2.05) is 45.0 Å². The Balaban J connectivity index is 2.49. The van der Waals surface area contributed by atoms with Gasteiger partial charge in [-0.25, -0.2) is 4.79 Å². The number of carboxylic acid groups (broad SMARTS) is 1. The van der Waals surface area contributed by atoms with Gasteiger partial charge in [-0.2, -0.15) is 0 Å². The minimum atomic E-state index is -0.922. The van der Waals surface area contributed by atoms with E-state index in [1.165, 1.54) is 0 Å². The van der Waals surface area contributed by atoms with Gasteiger partial charge < -0.3 is 5.11 Å². The van der Waals surface area contributed by atoms with Crippen LogP contribution in [0.1, 0.15) is 38.3 Å². The highest BCUT2D eigenvalue weighted by molar-refractivity contribution is 5.82. The van der Waals surface area contributed by atoms with Crippen molar-refractivity contribution in [2.45, 2.75) is 44.7 Å². The molecule has 1 aromatic carbocycles. The number of nitrogens with one attached hydrogen (secondary N) is 1. The van der Waals surface area contributed by atoms with Crippen molar-refractivity contribution < 1.29 is 9.90 Å². The summed E-state index contributed by atoms with van der Waals surface area (Å²) in [7, 11) is 0. The smallest absolute Gasteiger partial charge is 0.328 e. The molecule has 0 amide bonds. The predicted octanol–water partition coefficient (Wildman–Crippen LogP) is 2.30. The zero-order valence-electron chi connectivity index (χ0n) is 10.6. The molecule has 0 heterocycles. The molecule has 1 aromatic rings. The molecule has 0 fully saturated rings. The summed E-state index contributed by atoms with van der Waals surface area (Å²) < 4.78 is 0. The Morgan fingerprint density at radius 2 is 2.00 bits per heavy atom. The number of rotatable bonds is 2. The van der Waals surface area contributed by atoms with Crippen LogP contribution in [0.5, 0.6) is 0 Å². The molecule has 1 aliphatic rings. The molecular formula is C14H19NO2. The molecule has 0 radical (unpaired) electrons. The number of carbonyl (C=O) groups is 1. The van der Waals surface area contributed by atoms with Gasteiger partial charge in [0.15, 0.2) is 0 Å². The van der Waals surface area contributed by atoms with Crippen LogP contribution in [-0.2, 0) is 16.8 Å². The number of aliphatic carboxylic acids is 1. The molecule has 0 saturated carbocycles. The summed E-state index contributed by atoms with van der Waals surface area (Å²) in [6.07, 6.45) is 1.45. The monoisotopic (exact) mass is 233 g/mol. The standard InChI is InChI=1S/C14H19NO2/c1-13(2,3)15-14(12(16)17)9-8-10-6-4-5-7-11(10)14/h4-7,15H,8-9H2,1-3H3,(H,16,17). The third-order valence-corrected chi connectivity index (χ3v) is 3.20. The van der Waals surface area contributed by atoms with E-state index >= 15 is 0 Å². The van der Waals surface area contributed by atoms with E-state index in [-0.39, 0.29) is 5.54 Å². The Morgan fingerprint density at radius 3 is 2.59 bits per heavy atom. The summed E-state index contributed by atoms with van der Waals surface area (Å²) in [5.74, 6) is -0.780. The fourth-order valence-electron chi connectivity index (χ4n) is 2.66. The van der Waals surface area contributed by atoms with E-state index in [1.54, 1.807) is 0 Å². The quantitative estimate of drug-likeness (QED) is 0.824. The number of aryl methyl sites for hydroxylation is 1. The first-order chi connectivity index (χ1) is 7.85. The topological polar surface area (TPSA) is 49.3 Å². The van der Waals surface area contributed by atoms with Crippen LogP contribution in [0, 0.1) is 0 Å². The number of hydrogen-bond acceptors (Lipinski definition) is 2. The maximum atomic E-state index is 11.7. The van der Waals surface area contributed by atoms with Crippen LogP contribution in [0.4, 0.5) is 0 Å². The normalized spacial score (nSPS) is 23.5. The second kappa shape index (κ2) is 3.84. The van der Waals surface area contributed by atoms with Crippen molar-refractivity contribution in [2.75, 3.05) is 0 Å². The second-order valence-electron chi connectivity index (χ2n) is 5.74. The molecule has 0 spiro atoms. The first-order valence-corrected chi connectivity index (χ1v) is 5.96. The van der Waals surface area contributed by atoms with Crippen molar-refractivity contribution >= 4 is 5.97 Å². The van der Waals surface area contributed by atoms with Crippen LogP contribution in [0.2, 0.25) is 0 Å². The van der Waals surface area contributed by atoms with Gasteiger partial charge in [-0.15, -0.1) is 0 Å².